The van der Waals surface area contributed by atoms with Gasteiger partial charge in [0.15, 0.2) is 0 Å². The molecule has 19 heavy (non-hydrogen) atoms. The molecule has 0 radical (unpaired) electrons. The Morgan fingerprint density at radius 1 is 0.842 bits per heavy atom. The average molecular weight is 349 g/mol. The van der Waals surface area contributed by atoms with E-state index >= 15 is 0 Å². The Bertz CT molecular complexity index is 158. The van der Waals surface area contributed by atoms with E-state index in [9.17, 15) is 0 Å². The SMILES string of the molecule is CCO[Si](CCCCl)(OCC)OCC.[SiH3]CCCCl. The quantitative estimate of drug-likeness (QED) is 0.424. The summed E-state index contributed by atoms with van der Waals surface area (Å²) in [6.07, 6.45) is 2.10. The van der Waals surface area contributed by atoms with E-state index in [1.807, 2.05) is 20.8 Å². The molecule has 7 heteroatoms. The van der Waals surface area contributed by atoms with Crippen molar-refractivity contribution in [2.45, 2.75) is 45.7 Å². The van der Waals surface area contributed by atoms with Gasteiger partial charge in [0.1, 0.15) is 0 Å². The van der Waals surface area contributed by atoms with Crippen LogP contribution in [0.5, 0.6) is 0 Å². The van der Waals surface area contributed by atoms with Crippen LogP contribution in [-0.2, 0) is 13.3 Å². The van der Waals surface area contributed by atoms with E-state index < -0.39 is 8.80 Å². The van der Waals surface area contributed by atoms with E-state index in [0.717, 1.165) is 18.3 Å². The molecule has 0 bridgehead atoms. The molecular weight excluding hydrogens is 319 g/mol. The highest BCUT2D eigenvalue weighted by atomic mass is 35.5. The summed E-state index contributed by atoms with van der Waals surface area (Å²) >= 11 is 11.0. The Balaban J connectivity index is 0. The maximum Gasteiger partial charge on any atom is 0.500 e. The predicted octanol–water partition coefficient (Wildman–Crippen LogP) is 3.06. The van der Waals surface area contributed by atoms with Gasteiger partial charge in [0, 0.05) is 47.9 Å². The van der Waals surface area contributed by atoms with E-state index in [1.165, 1.54) is 22.7 Å². The van der Waals surface area contributed by atoms with Gasteiger partial charge in [-0.3, -0.25) is 0 Å². The summed E-state index contributed by atoms with van der Waals surface area (Å²) in [5.41, 5.74) is 0. The molecule has 0 aliphatic rings. The highest BCUT2D eigenvalue weighted by Gasteiger charge is 2.39. The van der Waals surface area contributed by atoms with Gasteiger partial charge in [-0.05, 0) is 33.6 Å². The van der Waals surface area contributed by atoms with Crippen molar-refractivity contribution in [2.24, 2.45) is 0 Å². The van der Waals surface area contributed by atoms with Crippen LogP contribution in [0.3, 0.4) is 0 Å². The minimum Gasteiger partial charge on any atom is -0.374 e. The van der Waals surface area contributed by atoms with Crippen LogP contribution in [0.15, 0.2) is 0 Å². The van der Waals surface area contributed by atoms with Crippen LogP contribution in [-0.4, -0.2) is 50.6 Å². The molecule has 0 atom stereocenters. The molecule has 0 spiro atoms. The largest absolute Gasteiger partial charge is 0.500 e. The third kappa shape index (κ3) is 13.6. The van der Waals surface area contributed by atoms with Gasteiger partial charge in [-0.1, -0.05) is 6.04 Å². The second kappa shape index (κ2) is 16.9. The van der Waals surface area contributed by atoms with Crippen LogP contribution in [0.2, 0.25) is 12.1 Å². The first-order valence-electron chi connectivity index (χ1n) is 7.19. The Morgan fingerprint density at radius 3 is 1.47 bits per heavy atom. The Labute approximate surface area is 133 Å². The van der Waals surface area contributed by atoms with Crippen molar-refractivity contribution in [1.29, 1.82) is 0 Å². The van der Waals surface area contributed by atoms with Crippen LogP contribution >= 0.6 is 23.2 Å². The maximum absolute atomic E-state index is 5.66. The van der Waals surface area contributed by atoms with Crippen LogP contribution < -0.4 is 0 Å². The van der Waals surface area contributed by atoms with Crippen molar-refractivity contribution in [3.8, 4) is 0 Å². The summed E-state index contributed by atoms with van der Waals surface area (Å²) in [5.74, 6) is 1.48. The first-order valence-corrected chi connectivity index (χ1v) is 11.6. The van der Waals surface area contributed by atoms with Crippen LogP contribution in [0.25, 0.3) is 0 Å². The van der Waals surface area contributed by atoms with Crippen molar-refractivity contribution in [3.05, 3.63) is 0 Å². The summed E-state index contributed by atoms with van der Waals surface area (Å²) in [7, 11) is -1.09. The van der Waals surface area contributed by atoms with Gasteiger partial charge in [0.2, 0.25) is 0 Å². The summed E-state index contributed by atoms with van der Waals surface area (Å²) in [6, 6.07) is 2.16. The van der Waals surface area contributed by atoms with Gasteiger partial charge in [-0.25, -0.2) is 0 Å². The smallest absolute Gasteiger partial charge is 0.374 e. The lowest BCUT2D eigenvalue weighted by Gasteiger charge is -2.28. The predicted molar refractivity (Wildman–Crippen MR) is 90.9 cm³/mol. The van der Waals surface area contributed by atoms with Crippen molar-refractivity contribution < 1.29 is 13.3 Å². The van der Waals surface area contributed by atoms with Crippen molar-refractivity contribution in [3.63, 3.8) is 0 Å². The minimum atomic E-state index is -2.40. The van der Waals surface area contributed by atoms with Gasteiger partial charge in [0.05, 0.1) is 0 Å². The Hall–Kier alpha value is 0.894. The summed E-state index contributed by atoms with van der Waals surface area (Å²) in [5, 5.41) is 0. The van der Waals surface area contributed by atoms with Crippen LogP contribution in [0.4, 0.5) is 0 Å². The zero-order valence-corrected chi connectivity index (χ0v) is 17.4. The number of alkyl halides is 2. The molecular formula is C12H30Cl2O3Si2. The fourth-order valence-electron chi connectivity index (χ4n) is 1.42. The van der Waals surface area contributed by atoms with Gasteiger partial charge >= 0.3 is 8.80 Å². The highest BCUT2D eigenvalue weighted by Crippen LogP contribution is 2.18. The van der Waals surface area contributed by atoms with Crippen LogP contribution in [0, 0.1) is 0 Å². The number of halogens is 2. The zero-order chi connectivity index (χ0) is 15.0. The van der Waals surface area contributed by atoms with Gasteiger partial charge < -0.3 is 13.3 Å². The fourth-order valence-corrected chi connectivity index (χ4v) is 5.46. The molecule has 118 valence electrons. The topological polar surface area (TPSA) is 27.7 Å². The van der Waals surface area contributed by atoms with E-state index in [4.69, 9.17) is 36.5 Å². The van der Waals surface area contributed by atoms with E-state index in [1.54, 1.807) is 0 Å². The van der Waals surface area contributed by atoms with E-state index in [2.05, 4.69) is 0 Å². The fraction of sp³-hybridized carbons (Fsp3) is 1.00. The number of hydrogen-bond donors (Lipinski definition) is 0. The normalized spacial score (nSPS) is 11.2. The third-order valence-electron chi connectivity index (χ3n) is 2.20. The first-order chi connectivity index (χ1) is 9.16. The van der Waals surface area contributed by atoms with Gasteiger partial charge in [0.25, 0.3) is 0 Å². The van der Waals surface area contributed by atoms with Gasteiger partial charge in [-0.15, -0.1) is 23.2 Å². The van der Waals surface area contributed by atoms with E-state index in [0.29, 0.717) is 25.7 Å². The molecule has 0 rings (SSSR count). The third-order valence-corrected chi connectivity index (χ3v) is 6.59. The Morgan fingerprint density at radius 2 is 1.26 bits per heavy atom. The molecule has 0 heterocycles. The molecule has 0 amide bonds. The Kier molecular flexibility index (Phi) is 19.8. The maximum atomic E-state index is 5.66. The van der Waals surface area contributed by atoms with Crippen molar-refractivity contribution in [2.75, 3.05) is 31.6 Å². The first kappa shape index (κ1) is 22.2. The second-order valence-electron chi connectivity index (χ2n) is 3.82. The van der Waals surface area contributed by atoms with Crippen molar-refractivity contribution >= 4 is 42.2 Å². The summed E-state index contributed by atoms with van der Waals surface area (Å²) in [6.45, 7) is 7.78. The van der Waals surface area contributed by atoms with E-state index in [-0.39, 0.29) is 0 Å². The average Bonchev–Trinajstić information content (AvgIpc) is 2.39. The molecule has 0 saturated heterocycles. The minimum absolute atomic E-state index is 0.627. The molecule has 3 nitrogen and oxygen atoms in total. The zero-order valence-electron chi connectivity index (χ0n) is 12.8. The van der Waals surface area contributed by atoms with Crippen molar-refractivity contribution in [1.82, 2.24) is 0 Å². The lowest BCUT2D eigenvalue weighted by atomic mass is 10.6. The molecule has 0 aromatic rings. The molecule has 0 unspecified atom stereocenters. The molecule has 0 fully saturated rings. The summed E-state index contributed by atoms with van der Waals surface area (Å²) < 4.78 is 16.9. The molecule has 0 aliphatic heterocycles. The second-order valence-corrected chi connectivity index (χ2v) is 8.31. The number of hydrogen-bond acceptors (Lipinski definition) is 3. The lowest BCUT2D eigenvalue weighted by molar-refractivity contribution is 0.0712. The molecule has 0 aliphatic carbocycles. The standard InChI is InChI=1S/C9H21ClO3Si.C3H9ClSi/c1-4-11-14(12-5-2,13-6-3)9-7-8-10;4-2-1-3-5/h4-9H2,1-3H3;1-3H2,5H3. The lowest BCUT2D eigenvalue weighted by Crippen LogP contribution is -2.46. The monoisotopic (exact) mass is 348 g/mol. The van der Waals surface area contributed by atoms with Gasteiger partial charge in [-0.2, -0.15) is 0 Å². The molecule has 0 aromatic carbocycles. The molecule has 0 N–H and O–H groups in total. The molecule has 0 saturated carbocycles. The highest BCUT2D eigenvalue weighted by molar-refractivity contribution is 6.60. The molecule has 0 aromatic heterocycles. The number of rotatable bonds is 11. The summed E-state index contributed by atoms with van der Waals surface area (Å²) in [4.78, 5) is 0. The van der Waals surface area contributed by atoms with Crippen LogP contribution in [0.1, 0.15) is 33.6 Å².